The molecule has 0 spiro atoms. The molecule has 0 amide bonds. The van der Waals surface area contributed by atoms with Gasteiger partial charge in [0.05, 0.1) is 11.9 Å². The van der Waals surface area contributed by atoms with Gasteiger partial charge < -0.3 is 9.47 Å². The first-order valence-electron chi connectivity index (χ1n) is 9.60. The van der Waals surface area contributed by atoms with Crippen molar-refractivity contribution >= 4 is 11.6 Å². The summed E-state index contributed by atoms with van der Waals surface area (Å²) < 4.78 is 12.0. The van der Waals surface area contributed by atoms with Gasteiger partial charge in [-0.15, -0.1) is 0 Å². The van der Waals surface area contributed by atoms with E-state index in [1.807, 2.05) is 73.7 Å². The zero-order chi connectivity index (χ0) is 19.2. The van der Waals surface area contributed by atoms with Gasteiger partial charge in [0.15, 0.2) is 0 Å². The van der Waals surface area contributed by atoms with E-state index in [0.717, 1.165) is 29.2 Å². The van der Waals surface area contributed by atoms with Crippen molar-refractivity contribution in [3.05, 3.63) is 102 Å². The van der Waals surface area contributed by atoms with Gasteiger partial charge in [-0.05, 0) is 73.7 Å². The molecule has 1 aliphatic carbocycles. The number of nitrogens with zero attached hydrogens (tertiary/aromatic N) is 1. The first kappa shape index (κ1) is 18.1. The summed E-state index contributed by atoms with van der Waals surface area (Å²) in [4.78, 5) is 4.67. The smallest absolute Gasteiger partial charge is 0.225 e. The third-order valence-electron chi connectivity index (χ3n) is 4.72. The lowest BCUT2D eigenvalue weighted by atomic mass is 10.1. The number of ether oxygens (including phenoxy) is 2. The molecule has 3 nitrogen and oxygen atoms in total. The maximum absolute atomic E-state index is 6.04. The minimum absolute atomic E-state index is 0.513. The topological polar surface area (TPSA) is 30.8 Å². The third kappa shape index (κ3) is 4.49. The van der Waals surface area contributed by atoms with E-state index in [9.17, 15) is 0 Å². The second-order valence-electron chi connectivity index (χ2n) is 6.87. The molecule has 4 rings (SSSR count). The minimum Gasteiger partial charge on any atom is -0.465 e. The van der Waals surface area contributed by atoms with Crippen molar-refractivity contribution in [1.29, 1.82) is 0 Å². The van der Waals surface area contributed by atoms with Gasteiger partial charge in [-0.1, -0.05) is 42.5 Å². The predicted octanol–water partition coefficient (Wildman–Crippen LogP) is 6.27. The summed E-state index contributed by atoms with van der Waals surface area (Å²) in [7, 11) is 0. The largest absolute Gasteiger partial charge is 0.465 e. The van der Waals surface area contributed by atoms with E-state index in [0.29, 0.717) is 5.90 Å². The number of hydrogen-bond donors (Lipinski definition) is 0. The summed E-state index contributed by atoms with van der Waals surface area (Å²) in [5.41, 5.74) is 4.47. The summed E-state index contributed by atoms with van der Waals surface area (Å²) in [6.07, 6.45) is 5.24. The molecular weight excluding hydrogens is 346 g/mol. The van der Waals surface area contributed by atoms with E-state index < -0.39 is 0 Å². The summed E-state index contributed by atoms with van der Waals surface area (Å²) in [6.45, 7) is 1.94. The number of fused-ring (bicyclic) bond motifs is 1. The monoisotopic (exact) mass is 369 g/mol. The highest BCUT2D eigenvalue weighted by molar-refractivity contribution is 5.96. The van der Waals surface area contributed by atoms with Crippen molar-refractivity contribution < 1.29 is 9.47 Å². The molecule has 140 valence electrons. The third-order valence-corrected chi connectivity index (χ3v) is 4.72. The fraction of sp³-hybridized carbons (Fsp3) is 0.160. The van der Waals surface area contributed by atoms with E-state index in [1.54, 1.807) is 6.26 Å². The van der Waals surface area contributed by atoms with Crippen LogP contribution in [-0.2, 0) is 12.8 Å². The Hall–Kier alpha value is -3.33. The number of rotatable bonds is 5. The lowest BCUT2D eigenvalue weighted by molar-refractivity contribution is 0.473. The van der Waals surface area contributed by atoms with Gasteiger partial charge >= 0.3 is 0 Å². The van der Waals surface area contributed by atoms with Crippen LogP contribution in [-0.4, -0.2) is 5.90 Å². The van der Waals surface area contributed by atoms with Gasteiger partial charge in [-0.3, -0.25) is 0 Å². The summed E-state index contributed by atoms with van der Waals surface area (Å²) >= 11 is 0. The maximum atomic E-state index is 6.04. The molecule has 3 aromatic rings. The lowest BCUT2D eigenvalue weighted by Gasteiger charge is -2.10. The molecule has 0 N–H and O–H groups in total. The van der Waals surface area contributed by atoms with Crippen LogP contribution in [0.15, 0.2) is 95.7 Å². The Kier molecular flexibility index (Phi) is 5.53. The highest BCUT2D eigenvalue weighted by Gasteiger charge is 2.12. The van der Waals surface area contributed by atoms with Crippen LogP contribution >= 0.6 is 0 Å². The van der Waals surface area contributed by atoms with Crippen LogP contribution in [0.4, 0.5) is 5.69 Å². The Morgan fingerprint density at radius 3 is 2.32 bits per heavy atom. The number of hydrogen-bond acceptors (Lipinski definition) is 3. The first-order chi connectivity index (χ1) is 13.8. The number of aryl methyl sites for hydroxylation is 2. The Balaban J connectivity index is 1.57. The number of aliphatic imine (C=N–C) groups is 1. The van der Waals surface area contributed by atoms with Crippen molar-refractivity contribution in [1.82, 2.24) is 0 Å². The molecule has 3 heteroatoms. The first-order valence-corrected chi connectivity index (χ1v) is 9.60. The van der Waals surface area contributed by atoms with Crippen LogP contribution in [0, 0.1) is 0 Å². The number of para-hydroxylation sites is 2. The molecule has 1 aliphatic rings. The van der Waals surface area contributed by atoms with Crippen LogP contribution in [0.3, 0.4) is 0 Å². The zero-order valence-corrected chi connectivity index (χ0v) is 16.0. The van der Waals surface area contributed by atoms with Gasteiger partial charge in [-0.25, -0.2) is 4.99 Å². The van der Waals surface area contributed by atoms with Crippen molar-refractivity contribution in [2.24, 2.45) is 4.99 Å². The normalized spacial score (nSPS) is 13.9. The van der Waals surface area contributed by atoms with Gasteiger partial charge in [0.25, 0.3) is 0 Å². The summed E-state index contributed by atoms with van der Waals surface area (Å²) in [6, 6.07) is 25.8. The van der Waals surface area contributed by atoms with E-state index in [-0.39, 0.29) is 0 Å². The molecule has 0 saturated heterocycles. The molecule has 0 radical (unpaired) electrons. The van der Waals surface area contributed by atoms with E-state index >= 15 is 0 Å². The molecule has 0 aliphatic heterocycles. The van der Waals surface area contributed by atoms with Crippen molar-refractivity contribution in [3.8, 4) is 11.5 Å². The highest BCUT2D eigenvalue weighted by atomic mass is 16.5. The fourth-order valence-corrected chi connectivity index (χ4v) is 3.24. The molecule has 0 unspecified atom stereocenters. The predicted molar refractivity (Wildman–Crippen MR) is 113 cm³/mol. The van der Waals surface area contributed by atoms with Gasteiger partial charge in [-0.2, -0.15) is 0 Å². The number of benzene rings is 3. The van der Waals surface area contributed by atoms with Crippen LogP contribution in [0.2, 0.25) is 0 Å². The Bertz CT molecular complexity index is 992. The fourth-order valence-electron chi connectivity index (χ4n) is 3.24. The Labute approximate surface area is 166 Å². The average Bonchev–Trinajstić information content (AvgIpc) is 3.21. The Morgan fingerprint density at radius 1 is 0.821 bits per heavy atom. The average molecular weight is 369 g/mol. The molecule has 0 fully saturated rings. The molecule has 28 heavy (non-hydrogen) atoms. The molecular formula is C25H23NO2. The van der Waals surface area contributed by atoms with Gasteiger partial charge in [0.2, 0.25) is 5.90 Å². The summed E-state index contributed by atoms with van der Waals surface area (Å²) in [5, 5.41) is 0. The van der Waals surface area contributed by atoms with Crippen LogP contribution in [0.1, 0.15) is 24.5 Å². The van der Waals surface area contributed by atoms with Crippen LogP contribution in [0.5, 0.6) is 11.5 Å². The van der Waals surface area contributed by atoms with Crippen LogP contribution < -0.4 is 9.47 Å². The van der Waals surface area contributed by atoms with Crippen molar-refractivity contribution in [2.45, 2.75) is 26.2 Å². The molecule has 0 atom stereocenters. The van der Waals surface area contributed by atoms with E-state index in [4.69, 9.17) is 9.47 Å². The van der Waals surface area contributed by atoms with Crippen LogP contribution in [0.25, 0.3) is 0 Å². The van der Waals surface area contributed by atoms with E-state index in [2.05, 4.69) is 17.1 Å². The molecule has 0 heterocycles. The molecule has 0 saturated carbocycles. The molecule has 0 aromatic heterocycles. The van der Waals surface area contributed by atoms with Crippen molar-refractivity contribution in [3.63, 3.8) is 0 Å². The van der Waals surface area contributed by atoms with Crippen molar-refractivity contribution in [2.75, 3.05) is 0 Å². The van der Waals surface area contributed by atoms with E-state index in [1.165, 1.54) is 24.0 Å². The van der Waals surface area contributed by atoms with Gasteiger partial charge in [0, 0.05) is 5.57 Å². The maximum Gasteiger partial charge on any atom is 0.225 e. The SMILES string of the molecule is CC(=C\Oc1ccc2c(c1)CCC2)/C(=N/c1ccccc1)Oc1ccccc1. The minimum atomic E-state index is 0.513. The Morgan fingerprint density at radius 2 is 1.54 bits per heavy atom. The summed E-state index contributed by atoms with van der Waals surface area (Å²) in [5.74, 6) is 2.10. The highest BCUT2D eigenvalue weighted by Crippen LogP contribution is 2.26. The molecule has 0 bridgehead atoms. The second-order valence-corrected chi connectivity index (χ2v) is 6.87. The molecule has 3 aromatic carbocycles. The van der Waals surface area contributed by atoms with Gasteiger partial charge in [0.1, 0.15) is 11.5 Å². The quantitative estimate of drug-likeness (QED) is 0.302. The zero-order valence-electron chi connectivity index (χ0n) is 16.0. The lowest BCUT2D eigenvalue weighted by Crippen LogP contribution is -2.10. The standard InChI is InChI=1S/C25H23NO2/c1-19(18-27-24-16-15-20-9-8-10-21(20)17-24)25(26-22-11-4-2-5-12-22)28-23-13-6-3-7-14-23/h2-7,11-18H,8-10H2,1H3/b19-18+,26-25-. The second kappa shape index (κ2) is 8.57.